The fourth-order valence-electron chi connectivity index (χ4n) is 2.62. The van der Waals surface area contributed by atoms with E-state index < -0.39 is 0 Å². The number of rotatable bonds is 5. The summed E-state index contributed by atoms with van der Waals surface area (Å²) in [5, 5.41) is 18.6. The molecule has 0 aliphatic carbocycles. The van der Waals surface area contributed by atoms with Crippen molar-refractivity contribution in [2.45, 2.75) is 12.8 Å². The molecule has 2 aromatic rings. The minimum absolute atomic E-state index is 0.272. The largest absolute Gasteiger partial charge is 0.396 e. The standard InChI is InChI=1S/C16H20N8/c17-5-12-8-22-16(10-20-12)24-15-4-14(13(18)9-23-15)21-7-11-2-1-3-19-6-11/h4,8-11,19H,1-3,6-7,18H2,(H2,21,22,23,24)/t11-/m1/s1. The normalized spacial score (nSPS) is 17.0. The van der Waals surface area contributed by atoms with Crippen molar-refractivity contribution >= 4 is 23.0 Å². The average Bonchev–Trinajstić information content (AvgIpc) is 2.63. The molecular weight excluding hydrogens is 304 g/mol. The van der Waals surface area contributed by atoms with Gasteiger partial charge in [-0.1, -0.05) is 0 Å². The van der Waals surface area contributed by atoms with E-state index in [1.54, 1.807) is 6.20 Å². The van der Waals surface area contributed by atoms with Gasteiger partial charge >= 0.3 is 0 Å². The second-order valence-electron chi connectivity index (χ2n) is 5.77. The quantitative estimate of drug-likeness (QED) is 0.652. The van der Waals surface area contributed by atoms with Crippen LogP contribution in [-0.4, -0.2) is 34.6 Å². The van der Waals surface area contributed by atoms with Gasteiger partial charge in [-0.2, -0.15) is 5.26 Å². The van der Waals surface area contributed by atoms with Crippen molar-refractivity contribution < 1.29 is 0 Å². The Bertz CT molecular complexity index is 716. The van der Waals surface area contributed by atoms with Crippen LogP contribution in [0.15, 0.2) is 24.7 Å². The van der Waals surface area contributed by atoms with Crippen LogP contribution < -0.4 is 21.7 Å². The first-order valence-corrected chi connectivity index (χ1v) is 7.94. The van der Waals surface area contributed by atoms with Crippen LogP contribution in [0.4, 0.5) is 23.0 Å². The number of piperidine rings is 1. The molecule has 1 aliphatic heterocycles. The summed E-state index contributed by atoms with van der Waals surface area (Å²) in [5.74, 6) is 1.74. The molecule has 24 heavy (non-hydrogen) atoms. The molecule has 0 radical (unpaired) electrons. The second kappa shape index (κ2) is 7.57. The summed E-state index contributed by atoms with van der Waals surface area (Å²) in [6, 6.07) is 3.79. The second-order valence-corrected chi connectivity index (χ2v) is 5.77. The molecule has 0 bridgehead atoms. The Morgan fingerprint density at radius 3 is 2.83 bits per heavy atom. The van der Waals surface area contributed by atoms with Gasteiger partial charge in [-0.05, 0) is 31.8 Å². The third kappa shape index (κ3) is 4.08. The molecule has 1 aliphatic rings. The van der Waals surface area contributed by atoms with E-state index in [1.165, 1.54) is 25.2 Å². The van der Waals surface area contributed by atoms with Crippen LogP contribution >= 0.6 is 0 Å². The number of nitriles is 1. The lowest BCUT2D eigenvalue weighted by molar-refractivity contribution is 0.393. The van der Waals surface area contributed by atoms with Crippen LogP contribution in [0.3, 0.4) is 0 Å². The minimum Gasteiger partial charge on any atom is -0.396 e. The van der Waals surface area contributed by atoms with Crippen LogP contribution in [-0.2, 0) is 0 Å². The topological polar surface area (TPSA) is 125 Å². The van der Waals surface area contributed by atoms with Gasteiger partial charge in [0.05, 0.1) is 30.0 Å². The van der Waals surface area contributed by atoms with Gasteiger partial charge in [0.15, 0.2) is 5.69 Å². The van der Waals surface area contributed by atoms with Crippen LogP contribution in [0, 0.1) is 17.2 Å². The number of aromatic nitrogens is 3. The molecule has 5 N–H and O–H groups in total. The van der Waals surface area contributed by atoms with Crippen LogP contribution in [0.5, 0.6) is 0 Å². The van der Waals surface area contributed by atoms with E-state index >= 15 is 0 Å². The Morgan fingerprint density at radius 1 is 1.25 bits per heavy atom. The van der Waals surface area contributed by atoms with Gasteiger partial charge in [0.2, 0.25) is 0 Å². The minimum atomic E-state index is 0.272. The number of nitrogens with one attached hydrogen (secondary N) is 3. The molecule has 2 aromatic heterocycles. The highest BCUT2D eigenvalue weighted by atomic mass is 15.1. The zero-order chi connectivity index (χ0) is 16.8. The van der Waals surface area contributed by atoms with E-state index in [4.69, 9.17) is 11.0 Å². The maximum atomic E-state index is 8.74. The van der Waals surface area contributed by atoms with Crippen molar-refractivity contribution in [3.05, 3.63) is 30.4 Å². The molecule has 1 saturated heterocycles. The third-order valence-electron chi connectivity index (χ3n) is 3.94. The predicted octanol–water partition coefficient (Wildman–Crippen LogP) is 1.48. The van der Waals surface area contributed by atoms with Gasteiger partial charge in [-0.15, -0.1) is 0 Å². The maximum Gasteiger partial charge on any atom is 0.158 e. The Balaban J connectivity index is 1.65. The Morgan fingerprint density at radius 2 is 2.12 bits per heavy atom. The number of nitrogens with two attached hydrogens (primary N) is 1. The van der Waals surface area contributed by atoms with Crippen molar-refractivity contribution in [2.24, 2.45) is 5.92 Å². The monoisotopic (exact) mass is 324 g/mol. The number of hydrogen-bond donors (Lipinski definition) is 4. The molecular formula is C16H20N8. The zero-order valence-electron chi connectivity index (χ0n) is 13.3. The molecule has 1 atom stereocenters. The number of pyridine rings is 1. The predicted molar refractivity (Wildman–Crippen MR) is 92.8 cm³/mol. The van der Waals surface area contributed by atoms with Gasteiger partial charge in [0, 0.05) is 12.6 Å². The molecule has 0 aromatic carbocycles. The van der Waals surface area contributed by atoms with Crippen LogP contribution in [0.2, 0.25) is 0 Å². The van der Waals surface area contributed by atoms with Gasteiger partial charge < -0.3 is 21.7 Å². The number of nitrogen functional groups attached to an aromatic ring is 1. The first kappa shape index (κ1) is 16.0. The van der Waals surface area contributed by atoms with E-state index in [0.717, 1.165) is 25.3 Å². The number of hydrogen-bond acceptors (Lipinski definition) is 8. The summed E-state index contributed by atoms with van der Waals surface area (Å²) in [4.78, 5) is 12.3. The lowest BCUT2D eigenvalue weighted by Crippen LogP contribution is -2.33. The molecule has 0 amide bonds. The highest BCUT2D eigenvalue weighted by Crippen LogP contribution is 2.23. The van der Waals surface area contributed by atoms with Crippen LogP contribution in [0.25, 0.3) is 0 Å². The molecule has 124 valence electrons. The van der Waals surface area contributed by atoms with Crippen molar-refractivity contribution in [3.8, 4) is 6.07 Å². The van der Waals surface area contributed by atoms with E-state index in [-0.39, 0.29) is 5.69 Å². The van der Waals surface area contributed by atoms with Gasteiger partial charge in [0.25, 0.3) is 0 Å². The summed E-state index contributed by atoms with van der Waals surface area (Å²) >= 11 is 0. The molecule has 3 rings (SSSR count). The molecule has 0 saturated carbocycles. The van der Waals surface area contributed by atoms with Gasteiger partial charge in [-0.25, -0.2) is 15.0 Å². The van der Waals surface area contributed by atoms with Crippen molar-refractivity contribution in [3.63, 3.8) is 0 Å². The summed E-state index contributed by atoms with van der Waals surface area (Å²) in [5.41, 5.74) is 7.73. The first-order valence-electron chi connectivity index (χ1n) is 7.94. The van der Waals surface area contributed by atoms with Crippen LogP contribution in [0.1, 0.15) is 18.5 Å². The van der Waals surface area contributed by atoms with E-state index in [2.05, 4.69) is 30.9 Å². The molecule has 0 spiro atoms. The summed E-state index contributed by atoms with van der Waals surface area (Å²) in [7, 11) is 0. The maximum absolute atomic E-state index is 8.74. The average molecular weight is 324 g/mol. The fraction of sp³-hybridized carbons (Fsp3) is 0.375. The fourth-order valence-corrected chi connectivity index (χ4v) is 2.62. The Labute approximate surface area is 140 Å². The zero-order valence-corrected chi connectivity index (χ0v) is 13.3. The molecule has 0 unspecified atom stereocenters. The van der Waals surface area contributed by atoms with E-state index in [9.17, 15) is 0 Å². The van der Waals surface area contributed by atoms with E-state index in [0.29, 0.717) is 23.2 Å². The summed E-state index contributed by atoms with van der Waals surface area (Å²) < 4.78 is 0. The molecule has 8 nitrogen and oxygen atoms in total. The summed E-state index contributed by atoms with van der Waals surface area (Å²) in [6.07, 6.45) is 6.95. The van der Waals surface area contributed by atoms with Crippen molar-refractivity contribution in [2.75, 3.05) is 36.0 Å². The highest BCUT2D eigenvalue weighted by Gasteiger charge is 2.13. The highest BCUT2D eigenvalue weighted by molar-refractivity contribution is 5.70. The first-order chi connectivity index (χ1) is 11.7. The molecule has 1 fully saturated rings. The lowest BCUT2D eigenvalue weighted by Gasteiger charge is -2.23. The van der Waals surface area contributed by atoms with Gasteiger partial charge in [-0.3, -0.25) is 0 Å². The molecule has 8 heteroatoms. The Hall–Kier alpha value is -2.92. The van der Waals surface area contributed by atoms with Crippen molar-refractivity contribution in [1.82, 2.24) is 20.3 Å². The SMILES string of the molecule is N#Cc1cnc(Nc2cc(NC[C@@H]3CCCNC3)c(N)cn2)cn1. The Kier molecular flexibility index (Phi) is 5.03. The van der Waals surface area contributed by atoms with Crippen molar-refractivity contribution in [1.29, 1.82) is 5.26 Å². The molecule has 3 heterocycles. The summed E-state index contributed by atoms with van der Waals surface area (Å²) in [6.45, 7) is 3.01. The lowest BCUT2D eigenvalue weighted by atomic mass is 10.00. The third-order valence-corrected chi connectivity index (χ3v) is 3.94. The van der Waals surface area contributed by atoms with Gasteiger partial charge in [0.1, 0.15) is 17.7 Å². The van der Waals surface area contributed by atoms with E-state index in [1.807, 2.05) is 12.1 Å². The number of nitrogens with zero attached hydrogens (tertiary/aromatic N) is 4. The number of anilines is 4. The smallest absolute Gasteiger partial charge is 0.158 e.